The van der Waals surface area contributed by atoms with Crippen LogP contribution in [0.4, 0.5) is 0 Å². The van der Waals surface area contributed by atoms with Gasteiger partial charge >= 0.3 is 0 Å². The molecule has 2 N–H and O–H groups in total. The number of nitrogens with zero attached hydrogens (tertiary/aromatic N) is 1. The normalized spacial score (nSPS) is 19.8. The van der Waals surface area contributed by atoms with Gasteiger partial charge in [-0.15, -0.1) is 0 Å². The fourth-order valence-electron chi connectivity index (χ4n) is 2.09. The molecule has 0 bridgehead atoms. The average molecular weight is 234 g/mol. The minimum Gasteiger partial charge on any atom is -0.477 e. The highest BCUT2D eigenvalue weighted by atomic mass is 16.5. The Morgan fingerprint density at radius 3 is 2.41 bits per heavy atom. The van der Waals surface area contributed by atoms with Crippen molar-refractivity contribution in [2.75, 3.05) is 20.1 Å². The number of hydrogen-bond donors (Lipinski definition) is 1. The molecule has 4 nitrogen and oxygen atoms in total. The largest absolute Gasteiger partial charge is 0.477 e. The van der Waals surface area contributed by atoms with Crippen LogP contribution in [0.1, 0.15) is 12.8 Å². The Bertz CT molecular complexity index is 384. The summed E-state index contributed by atoms with van der Waals surface area (Å²) in [6, 6.07) is 9.39. The summed E-state index contributed by atoms with van der Waals surface area (Å²) in [6.45, 7) is 1.66. The van der Waals surface area contributed by atoms with E-state index in [0.29, 0.717) is 18.6 Å². The lowest BCUT2D eigenvalue weighted by Crippen LogP contribution is -2.55. The standard InChI is InChI=1S/C13H18N2O2/c1-15-9-7-13(8-10-15,12(14)16)17-11-5-3-2-4-6-11/h2-6H,7-10H2,1H3,(H2,14,16). The van der Waals surface area contributed by atoms with Crippen LogP contribution in [-0.4, -0.2) is 36.5 Å². The van der Waals surface area contributed by atoms with E-state index in [1.807, 2.05) is 37.4 Å². The monoisotopic (exact) mass is 234 g/mol. The third-order valence-corrected chi connectivity index (χ3v) is 3.30. The molecule has 0 radical (unpaired) electrons. The molecule has 1 aliphatic rings. The van der Waals surface area contributed by atoms with Gasteiger partial charge in [-0.25, -0.2) is 0 Å². The van der Waals surface area contributed by atoms with Gasteiger partial charge in [0.05, 0.1) is 0 Å². The Hall–Kier alpha value is -1.55. The van der Waals surface area contributed by atoms with Crippen molar-refractivity contribution in [1.29, 1.82) is 0 Å². The predicted molar refractivity (Wildman–Crippen MR) is 65.7 cm³/mol. The maximum atomic E-state index is 11.7. The summed E-state index contributed by atoms with van der Waals surface area (Å²) in [5.74, 6) is 0.338. The lowest BCUT2D eigenvalue weighted by Gasteiger charge is -2.38. The Balaban J connectivity index is 2.15. The summed E-state index contributed by atoms with van der Waals surface area (Å²) >= 11 is 0. The molecule has 1 aliphatic heterocycles. The highest BCUT2D eigenvalue weighted by Crippen LogP contribution is 2.28. The van der Waals surface area contributed by atoms with E-state index in [1.54, 1.807) is 0 Å². The first-order chi connectivity index (χ1) is 8.12. The van der Waals surface area contributed by atoms with Gasteiger partial charge in [-0.05, 0) is 19.2 Å². The van der Waals surface area contributed by atoms with E-state index in [2.05, 4.69) is 4.90 Å². The van der Waals surface area contributed by atoms with Gasteiger partial charge in [-0.1, -0.05) is 18.2 Å². The number of benzene rings is 1. The van der Waals surface area contributed by atoms with Crippen molar-refractivity contribution < 1.29 is 9.53 Å². The molecule has 0 unspecified atom stereocenters. The van der Waals surface area contributed by atoms with E-state index in [4.69, 9.17) is 10.5 Å². The van der Waals surface area contributed by atoms with Gasteiger partial charge in [0.15, 0.2) is 5.60 Å². The second-order valence-corrected chi connectivity index (χ2v) is 4.58. The zero-order chi connectivity index (χ0) is 12.3. The number of likely N-dealkylation sites (tertiary alicyclic amines) is 1. The Morgan fingerprint density at radius 1 is 1.29 bits per heavy atom. The van der Waals surface area contributed by atoms with Gasteiger partial charge in [-0.2, -0.15) is 0 Å². The molecule has 1 amide bonds. The van der Waals surface area contributed by atoms with Crippen LogP contribution in [0.25, 0.3) is 0 Å². The number of ether oxygens (including phenoxy) is 1. The second kappa shape index (κ2) is 4.75. The molecule has 0 saturated carbocycles. The predicted octanol–water partition coefficient (Wildman–Crippen LogP) is 1.02. The highest BCUT2D eigenvalue weighted by molar-refractivity contribution is 5.84. The topological polar surface area (TPSA) is 55.6 Å². The van der Waals surface area contributed by atoms with Crippen LogP contribution in [0.5, 0.6) is 5.75 Å². The number of nitrogens with two attached hydrogens (primary N) is 1. The molecule has 1 heterocycles. The van der Waals surface area contributed by atoms with Crippen molar-refractivity contribution in [3.8, 4) is 5.75 Å². The molecule has 0 atom stereocenters. The Kier molecular flexibility index (Phi) is 3.33. The van der Waals surface area contributed by atoms with Crippen LogP contribution < -0.4 is 10.5 Å². The molecule has 92 valence electrons. The van der Waals surface area contributed by atoms with E-state index in [0.717, 1.165) is 13.1 Å². The summed E-state index contributed by atoms with van der Waals surface area (Å²) in [7, 11) is 2.04. The number of carbonyl (C=O) groups excluding carboxylic acids is 1. The van der Waals surface area contributed by atoms with Crippen LogP contribution in [0.15, 0.2) is 30.3 Å². The van der Waals surface area contributed by atoms with Gasteiger partial charge in [0, 0.05) is 25.9 Å². The van der Waals surface area contributed by atoms with Gasteiger partial charge in [0.2, 0.25) is 0 Å². The van der Waals surface area contributed by atoms with Crippen molar-refractivity contribution >= 4 is 5.91 Å². The van der Waals surface area contributed by atoms with Crippen molar-refractivity contribution in [2.24, 2.45) is 5.73 Å². The van der Waals surface area contributed by atoms with Crippen LogP contribution >= 0.6 is 0 Å². The van der Waals surface area contributed by atoms with Gasteiger partial charge in [0.25, 0.3) is 5.91 Å². The summed E-state index contributed by atoms with van der Waals surface area (Å²) < 4.78 is 5.85. The molecule has 17 heavy (non-hydrogen) atoms. The third kappa shape index (κ3) is 2.58. The van der Waals surface area contributed by atoms with E-state index >= 15 is 0 Å². The number of para-hydroxylation sites is 1. The van der Waals surface area contributed by atoms with E-state index < -0.39 is 5.60 Å². The molecule has 0 spiro atoms. The summed E-state index contributed by atoms with van der Waals surface area (Å²) in [5, 5.41) is 0. The Morgan fingerprint density at radius 2 is 1.88 bits per heavy atom. The van der Waals surface area contributed by atoms with Gasteiger partial charge in [0.1, 0.15) is 5.75 Å². The number of amides is 1. The summed E-state index contributed by atoms with van der Waals surface area (Å²) in [6.07, 6.45) is 1.29. The van der Waals surface area contributed by atoms with E-state index in [-0.39, 0.29) is 5.91 Å². The van der Waals surface area contributed by atoms with Crippen LogP contribution in [0, 0.1) is 0 Å². The lowest BCUT2D eigenvalue weighted by molar-refractivity contribution is -0.137. The smallest absolute Gasteiger partial charge is 0.261 e. The maximum absolute atomic E-state index is 11.7. The molecule has 2 rings (SSSR count). The number of hydrogen-bond acceptors (Lipinski definition) is 3. The SMILES string of the molecule is CN1CCC(Oc2ccccc2)(C(N)=O)CC1. The number of rotatable bonds is 3. The molecule has 0 aliphatic carbocycles. The lowest BCUT2D eigenvalue weighted by atomic mass is 9.90. The molecule has 1 aromatic rings. The first-order valence-electron chi connectivity index (χ1n) is 5.85. The minimum atomic E-state index is -0.839. The quantitative estimate of drug-likeness (QED) is 0.849. The maximum Gasteiger partial charge on any atom is 0.261 e. The minimum absolute atomic E-state index is 0.366. The van der Waals surface area contributed by atoms with Gasteiger partial charge in [-0.3, -0.25) is 4.79 Å². The van der Waals surface area contributed by atoms with E-state index in [9.17, 15) is 4.79 Å². The van der Waals surface area contributed by atoms with Crippen molar-refractivity contribution in [3.05, 3.63) is 30.3 Å². The number of piperidine rings is 1. The fourth-order valence-corrected chi connectivity index (χ4v) is 2.09. The summed E-state index contributed by atoms with van der Waals surface area (Å²) in [4.78, 5) is 13.8. The molecule has 1 fully saturated rings. The zero-order valence-electron chi connectivity index (χ0n) is 10.1. The number of carbonyl (C=O) groups is 1. The molecular formula is C13H18N2O2. The average Bonchev–Trinajstić information content (AvgIpc) is 2.33. The van der Waals surface area contributed by atoms with Crippen LogP contribution in [-0.2, 0) is 4.79 Å². The molecular weight excluding hydrogens is 216 g/mol. The number of primary amides is 1. The third-order valence-electron chi connectivity index (χ3n) is 3.30. The molecule has 0 aromatic heterocycles. The van der Waals surface area contributed by atoms with Crippen molar-refractivity contribution in [3.63, 3.8) is 0 Å². The fraction of sp³-hybridized carbons (Fsp3) is 0.462. The summed E-state index contributed by atoms with van der Waals surface area (Å²) in [5.41, 5.74) is 4.67. The molecule has 1 saturated heterocycles. The highest BCUT2D eigenvalue weighted by Gasteiger charge is 2.41. The van der Waals surface area contributed by atoms with Crippen molar-refractivity contribution in [2.45, 2.75) is 18.4 Å². The molecule has 4 heteroatoms. The van der Waals surface area contributed by atoms with Crippen LogP contribution in [0.3, 0.4) is 0 Å². The first kappa shape index (κ1) is 11.9. The first-order valence-corrected chi connectivity index (χ1v) is 5.85. The van der Waals surface area contributed by atoms with E-state index in [1.165, 1.54) is 0 Å². The van der Waals surface area contributed by atoms with Gasteiger partial charge < -0.3 is 15.4 Å². The molecule has 1 aromatic carbocycles. The van der Waals surface area contributed by atoms with Crippen molar-refractivity contribution in [1.82, 2.24) is 4.90 Å². The second-order valence-electron chi connectivity index (χ2n) is 4.58. The zero-order valence-corrected chi connectivity index (χ0v) is 10.1. The van der Waals surface area contributed by atoms with Crippen LogP contribution in [0.2, 0.25) is 0 Å². The Labute approximate surface area is 101 Å².